The summed E-state index contributed by atoms with van der Waals surface area (Å²) in [5.41, 5.74) is 3.13. The van der Waals surface area contributed by atoms with E-state index in [1.54, 1.807) is 6.07 Å². The Morgan fingerprint density at radius 1 is 0.800 bits per heavy atom. The highest BCUT2D eigenvalue weighted by molar-refractivity contribution is 14.1. The first-order chi connectivity index (χ1) is 14.6. The van der Waals surface area contributed by atoms with Gasteiger partial charge in [-0.25, -0.2) is 4.90 Å². The van der Waals surface area contributed by atoms with Crippen molar-refractivity contribution in [1.29, 1.82) is 0 Å². The van der Waals surface area contributed by atoms with Crippen LogP contribution in [0.3, 0.4) is 0 Å². The summed E-state index contributed by atoms with van der Waals surface area (Å²) < 4.78 is 0.831. The van der Waals surface area contributed by atoms with E-state index in [9.17, 15) is 14.4 Å². The Bertz CT molecular complexity index is 1220. The molecule has 146 valence electrons. The van der Waals surface area contributed by atoms with Gasteiger partial charge in [0.15, 0.2) is 0 Å². The number of aldehydes is 1. The van der Waals surface area contributed by atoms with Gasteiger partial charge in [-0.2, -0.15) is 0 Å². The topological polar surface area (TPSA) is 54.5 Å². The summed E-state index contributed by atoms with van der Waals surface area (Å²) in [5.74, 6) is -2.03. The van der Waals surface area contributed by atoms with Crippen LogP contribution in [0.15, 0.2) is 72.8 Å². The van der Waals surface area contributed by atoms with Crippen molar-refractivity contribution in [2.45, 2.75) is 11.3 Å². The van der Waals surface area contributed by atoms with E-state index in [1.807, 2.05) is 66.7 Å². The molecule has 0 spiro atoms. The third-order valence-electron chi connectivity index (χ3n) is 6.96. The zero-order valence-corrected chi connectivity index (χ0v) is 17.9. The number of amides is 2. The van der Waals surface area contributed by atoms with Gasteiger partial charge in [0.05, 0.1) is 22.9 Å². The van der Waals surface area contributed by atoms with Crippen LogP contribution in [0.1, 0.15) is 28.2 Å². The molecule has 30 heavy (non-hydrogen) atoms. The first-order valence-electron chi connectivity index (χ1n) is 9.88. The summed E-state index contributed by atoms with van der Waals surface area (Å²) >= 11 is 2.15. The van der Waals surface area contributed by atoms with Crippen molar-refractivity contribution in [3.05, 3.63) is 98.6 Å². The van der Waals surface area contributed by atoms with Crippen LogP contribution in [0, 0.1) is 15.4 Å². The van der Waals surface area contributed by atoms with E-state index in [2.05, 4.69) is 22.6 Å². The molecule has 1 fully saturated rings. The number of rotatable bonds is 2. The first kappa shape index (κ1) is 18.0. The lowest BCUT2D eigenvalue weighted by molar-refractivity contribution is -0.128. The highest BCUT2D eigenvalue weighted by atomic mass is 127. The number of hydrogen-bond donors (Lipinski definition) is 0. The molecule has 2 atom stereocenters. The summed E-state index contributed by atoms with van der Waals surface area (Å²) in [6, 6.07) is 22.9. The van der Waals surface area contributed by atoms with Crippen LogP contribution >= 0.6 is 22.6 Å². The Labute approximate surface area is 187 Å². The SMILES string of the molecule is O=CC12c3ccccc3C(c3ccccc31)[C@@H]1C(=O)N(c3ccccc3I)C(=O)[C@H]12. The van der Waals surface area contributed by atoms with Crippen LogP contribution < -0.4 is 4.90 Å². The molecule has 1 saturated heterocycles. The standard InChI is InChI=1S/C25H16INO3/c26-18-11-5-6-12-19(18)27-23(29)21-20-14-7-1-3-9-16(14)25(13-28,22(21)24(27)30)17-10-4-2-8-15(17)20/h1-13,20-22H/t20?,21-,22-,25?/m0/s1. The predicted octanol–water partition coefficient (Wildman–Crippen LogP) is 4.04. The smallest absolute Gasteiger partial charge is 0.239 e. The molecule has 0 radical (unpaired) electrons. The van der Waals surface area contributed by atoms with Gasteiger partial charge in [0.25, 0.3) is 0 Å². The minimum atomic E-state index is -1.14. The number of hydrogen-bond acceptors (Lipinski definition) is 3. The van der Waals surface area contributed by atoms with Gasteiger partial charge in [-0.3, -0.25) is 9.59 Å². The van der Waals surface area contributed by atoms with Gasteiger partial charge in [-0.05, 0) is 57.0 Å². The Balaban J connectivity index is 1.67. The number of nitrogens with zero attached hydrogens (tertiary/aromatic N) is 1. The molecule has 3 aromatic carbocycles. The second kappa shape index (κ2) is 6.11. The Morgan fingerprint density at radius 2 is 1.37 bits per heavy atom. The number of imide groups is 1. The molecular formula is C25H16INO3. The lowest BCUT2D eigenvalue weighted by Crippen LogP contribution is -2.54. The molecule has 5 heteroatoms. The maximum atomic E-state index is 13.8. The highest BCUT2D eigenvalue weighted by Crippen LogP contribution is 2.63. The number of para-hydroxylation sites is 1. The Hall–Kier alpha value is -2.80. The van der Waals surface area contributed by atoms with Crippen molar-refractivity contribution in [3.63, 3.8) is 0 Å². The average Bonchev–Trinajstić information content (AvgIpc) is 3.05. The summed E-state index contributed by atoms with van der Waals surface area (Å²) in [5, 5.41) is 0. The predicted molar refractivity (Wildman–Crippen MR) is 120 cm³/mol. The molecule has 1 heterocycles. The van der Waals surface area contributed by atoms with Crippen molar-refractivity contribution in [2.75, 3.05) is 4.90 Å². The Morgan fingerprint density at radius 3 is 1.97 bits per heavy atom. The van der Waals surface area contributed by atoms with Crippen molar-refractivity contribution >= 4 is 46.4 Å². The quantitative estimate of drug-likeness (QED) is 0.300. The van der Waals surface area contributed by atoms with Crippen molar-refractivity contribution in [2.24, 2.45) is 11.8 Å². The largest absolute Gasteiger partial charge is 0.302 e. The molecule has 0 aromatic heterocycles. The van der Waals surface area contributed by atoms with Gasteiger partial charge in [0.1, 0.15) is 6.29 Å². The van der Waals surface area contributed by atoms with Crippen molar-refractivity contribution in [1.82, 2.24) is 0 Å². The van der Waals surface area contributed by atoms with Crippen LogP contribution in [0.25, 0.3) is 0 Å². The second-order valence-electron chi connectivity index (χ2n) is 8.11. The fourth-order valence-corrected chi connectivity index (χ4v) is 6.53. The normalized spacial score (nSPS) is 28.2. The van der Waals surface area contributed by atoms with Gasteiger partial charge in [-0.1, -0.05) is 60.7 Å². The molecule has 0 saturated carbocycles. The van der Waals surface area contributed by atoms with E-state index in [1.165, 1.54) is 4.90 Å². The molecule has 7 rings (SSSR count). The van der Waals surface area contributed by atoms with E-state index in [4.69, 9.17) is 0 Å². The molecule has 2 amide bonds. The number of anilines is 1. The number of benzene rings is 3. The minimum absolute atomic E-state index is 0.214. The Kier molecular flexibility index (Phi) is 3.67. The van der Waals surface area contributed by atoms with Crippen molar-refractivity contribution in [3.8, 4) is 0 Å². The second-order valence-corrected chi connectivity index (χ2v) is 9.27. The third-order valence-corrected chi connectivity index (χ3v) is 7.88. The highest BCUT2D eigenvalue weighted by Gasteiger charge is 2.68. The number of carbonyl (C=O) groups excluding carboxylic acids is 3. The van der Waals surface area contributed by atoms with E-state index < -0.39 is 17.3 Å². The van der Waals surface area contributed by atoms with Crippen LogP contribution in [-0.2, 0) is 19.8 Å². The van der Waals surface area contributed by atoms with Crippen LogP contribution in [0.5, 0.6) is 0 Å². The van der Waals surface area contributed by atoms with Crippen molar-refractivity contribution < 1.29 is 14.4 Å². The molecule has 4 aliphatic rings. The molecule has 3 aromatic rings. The summed E-state index contributed by atoms with van der Waals surface area (Å²) in [6.07, 6.45) is 0.905. The van der Waals surface area contributed by atoms with Crippen LogP contribution in [0.2, 0.25) is 0 Å². The molecule has 3 aliphatic carbocycles. The van der Waals surface area contributed by atoms with Crippen LogP contribution in [0.4, 0.5) is 5.69 Å². The lowest BCUT2D eigenvalue weighted by atomic mass is 9.48. The zero-order chi connectivity index (χ0) is 20.6. The molecule has 1 aliphatic heterocycles. The molecule has 0 unspecified atom stereocenters. The van der Waals surface area contributed by atoms with E-state index in [0.29, 0.717) is 5.69 Å². The lowest BCUT2D eigenvalue weighted by Gasteiger charge is -2.51. The third kappa shape index (κ3) is 1.94. The number of carbonyl (C=O) groups is 3. The van der Waals surface area contributed by atoms with E-state index in [-0.39, 0.29) is 17.7 Å². The molecule has 0 N–H and O–H groups in total. The average molecular weight is 505 g/mol. The first-order valence-corrected chi connectivity index (χ1v) is 11.0. The minimum Gasteiger partial charge on any atom is -0.302 e. The van der Waals surface area contributed by atoms with Gasteiger partial charge < -0.3 is 4.79 Å². The van der Waals surface area contributed by atoms with Gasteiger partial charge >= 0.3 is 0 Å². The maximum Gasteiger partial charge on any atom is 0.239 e. The van der Waals surface area contributed by atoms with Gasteiger partial charge in [0, 0.05) is 9.49 Å². The summed E-state index contributed by atoms with van der Waals surface area (Å²) in [4.78, 5) is 41.8. The fourth-order valence-electron chi connectivity index (χ4n) is 5.90. The summed E-state index contributed by atoms with van der Waals surface area (Å²) in [6.45, 7) is 0. The van der Waals surface area contributed by atoms with Gasteiger partial charge in [0.2, 0.25) is 11.8 Å². The zero-order valence-electron chi connectivity index (χ0n) is 15.8. The number of halogens is 1. The monoisotopic (exact) mass is 505 g/mol. The van der Waals surface area contributed by atoms with E-state index in [0.717, 1.165) is 32.1 Å². The molecular weight excluding hydrogens is 489 g/mol. The van der Waals surface area contributed by atoms with Crippen LogP contribution in [-0.4, -0.2) is 18.1 Å². The van der Waals surface area contributed by atoms with E-state index >= 15 is 0 Å². The van der Waals surface area contributed by atoms with Gasteiger partial charge in [-0.15, -0.1) is 0 Å². The summed E-state index contributed by atoms with van der Waals surface area (Å²) in [7, 11) is 0. The fraction of sp³-hybridized carbons (Fsp3) is 0.160. The maximum absolute atomic E-state index is 13.8. The molecule has 2 bridgehead atoms. The molecule has 4 nitrogen and oxygen atoms in total.